The molecule has 33 heavy (non-hydrogen) atoms. The Morgan fingerprint density at radius 1 is 0.545 bits per heavy atom. The Bertz CT molecular complexity index is 1650. The van der Waals surface area contributed by atoms with Gasteiger partial charge in [0.1, 0.15) is 5.52 Å². The van der Waals surface area contributed by atoms with Crippen LogP contribution in [0.25, 0.3) is 38.9 Å². The average molecular weight is 427 g/mol. The molecule has 0 bridgehead atoms. The molecular weight excluding hydrogens is 410 g/mol. The van der Waals surface area contributed by atoms with E-state index in [0.29, 0.717) is 28.9 Å². The van der Waals surface area contributed by atoms with E-state index in [-0.39, 0.29) is 0 Å². The fourth-order valence-electron chi connectivity index (χ4n) is 4.46. The van der Waals surface area contributed by atoms with Crippen LogP contribution in [-0.4, -0.2) is 14.5 Å². The minimum Gasteiger partial charge on any atom is -0.449 e. The van der Waals surface area contributed by atoms with Gasteiger partial charge >= 0.3 is 0 Å². The van der Waals surface area contributed by atoms with Crippen molar-refractivity contribution in [3.8, 4) is 40.1 Å². The number of nitrogens with zero attached hydrogens (tertiary/aromatic N) is 3. The number of ether oxygens (including phenoxy) is 2. The van der Waals surface area contributed by atoms with Gasteiger partial charge in [-0.1, -0.05) is 60.7 Å². The highest BCUT2D eigenvalue weighted by Crippen LogP contribution is 2.50. The van der Waals surface area contributed by atoms with E-state index in [1.165, 1.54) is 0 Å². The zero-order valence-corrected chi connectivity index (χ0v) is 17.5. The van der Waals surface area contributed by atoms with Crippen LogP contribution in [0.3, 0.4) is 0 Å². The number of hydrogen-bond acceptors (Lipinski definition) is 4. The smallest absolute Gasteiger partial charge is 0.234 e. The van der Waals surface area contributed by atoms with Crippen molar-refractivity contribution in [2.24, 2.45) is 0 Å². The van der Waals surface area contributed by atoms with Crippen LogP contribution in [0.15, 0.2) is 103 Å². The molecule has 0 saturated carbocycles. The summed E-state index contributed by atoms with van der Waals surface area (Å²) in [5.74, 6) is 3.31. The van der Waals surface area contributed by atoms with Gasteiger partial charge in [-0.05, 0) is 35.9 Å². The van der Waals surface area contributed by atoms with Gasteiger partial charge in [-0.25, -0.2) is 9.97 Å². The molecule has 0 fully saturated rings. The summed E-state index contributed by atoms with van der Waals surface area (Å²) < 4.78 is 14.6. The molecular formula is C28H17N3O2. The van der Waals surface area contributed by atoms with E-state index in [2.05, 4.69) is 34.9 Å². The van der Waals surface area contributed by atoms with Crippen LogP contribution in [0, 0.1) is 0 Å². The maximum absolute atomic E-state index is 6.37. The largest absolute Gasteiger partial charge is 0.449 e. The Morgan fingerprint density at radius 2 is 1.24 bits per heavy atom. The molecule has 1 aliphatic rings. The van der Waals surface area contributed by atoms with Crippen LogP contribution >= 0.6 is 0 Å². The van der Waals surface area contributed by atoms with Gasteiger partial charge in [-0.15, -0.1) is 0 Å². The molecule has 0 radical (unpaired) electrons. The quantitative estimate of drug-likeness (QED) is 0.294. The molecule has 0 spiro atoms. The Hall–Kier alpha value is -4.64. The lowest BCUT2D eigenvalue weighted by atomic mass is 10.1. The Kier molecular flexibility index (Phi) is 3.78. The van der Waals surface area contributed by atoms with E-state index in [9.17, 15) is 0 Å². The van der Waals surface area contributed by atoms with Crippen LogP contribution in [0.1, 0.15) is 0 Å². The second-order valence-corrected chi connectivity index (χ2v) is 7.93. The molecule has 7 rings (SSSR count). The summed E-state index contributed by atoms with van der Waals surface area (Å²) in [6.07, 6.45) is 3.72. The first-order chi connectivity index (χ1) is 16.4. The Morgan fingerprint density at radius 3 is 2.06 bits per heavy atom. The van der Waals surface area contributed by atoms with Crippen molar-refractivity contribution in [2.45, 2.75) is 0 Å². The number of hydrogen-bond donors (Lipinski definition) is 0. The summed E-state index contributed by atoms with van der Waals surface area (Å²) in [6, 6.07) is 30.1. The average Bonchev–Trinajstić information content (AvgIpc) is 3.23. The lowest BCUT2D eigenvalue weighted by molar-refractivity contribution is 0.362. The molecule has 0 saturated heterocycles. The van der Waals surface area contributed by atoms with E-state index in [1.807, 2.05) is 73.1 Å². The van der Waals surface area contributed by atoms with Crippen molar-refractivity contribution in [3.05, 3.63) is 103 Å². The maximum atomic E-state index is 6.37. The molecule has 0 aliphatic carbocycles. The number of fused-ring (bicyclic) bond motifs is 6. The fourth-order valence-corrected chi connectivity index (χ4v) is 4.46. The predicted octanol–water partition coefficient (Wildman–Crippen LogP) is 7.14. The van der Waals surface area contributed by atoms with Crippen LogP contribution in [0.2, 0.25) is 0 Å². The first-order valence-electron chi connectivity index (χ1n) is 10.8. The third-order valence-electron chi connectivity index (χ3n) is 5.98. The van der Waals surface area contributed by atoms with Crippen LogP contribution in [0.4, 0.5) is 0 Å². The topological polar surface area (TPSA) is 49.2 Å². The summed E-state index contributed by atoms with van der Waals surface area (Å²) in [5.41, 5.74) is 3.94. The zero-order valence-electron chi connectivity index (χ0n) is 17.5. The molecule has 0 unspecified atom stereocenters. The summed E-state index contributed by atoms with van der Waals surface area (Å²) in [7, 11) is 0. The van der Waals surface area contributed by atoms with Crippen LogP contribution in [0.5, 0.6) is 23.0 Å². The summed E-state index contributed by atoms with van der Waals surface area (Å²) >= 11 is 0. The minimum absolute atomic E-state index is 0.580. The van der Waals surface area contributed by atoms with Gasteiger partial charge in [0, 0.05) is 28.7 Å². The van der Waals surface area contributed by atoms with Crippen molar-refractivity contribution in [1.82, 2.24) is 14.5 Å². The van der Waals surface area contributed by atoms with Crippen LogP contribution < -0.4 is 9.47 Å². The van der Waals surface area contributed by atoms with Crippen molar-refractivity contribution in [2.75, 3.05) is 0 Å². The Labute approximate surface area is 189 Å². The molecule has 6 aromatic rings. The van der Waals surface area contributed by atoms with Gasteiger partial charge in [0.15, 0.2) is 23.0 Å². The molecule has 0 amide bonds. The molecule has 156 valence electrons. The molecule has 5 heteroatoms. The third-order valence-corrected chi connectivity index (χ3v) is 5.98. The summed E-state index contributed by atoms with van der Waals surface area (Å²) in [4.78, 5) is 9.49. The first kappa shape index (κ1) is 18.0. The standard InChI is InChI=1S/C28H17N3O2/c1-2-8-18(9-3-1)19-16-29-28(30-17-19)31-22-11-5-4-10-20(22)21-14-15-25-27(26(21)31)33-24-13-7-6-12-23(24)32-25/h1-17H. The molecule has 0 atom stereocenters. The molecule has 3 heterocycles. The van der Waals surface area contributed by atoms with Gasteiger partial charge in [0.2, 0.25) is 5.95 Å². The first-order valence-corrected chi connectivity index (χ1v) is 10.8. The highest BCUT2D eigenvalue weighted by molar-refractivity contribution is 6.12. The molecule has 0 N–H and O–H groups in total. The summed E-state index contributed by atoms with van der Waals surface area (Å²) in [6.45, 7) is 0. The van der Waals surface area contributed by atoms with Crippen molar-refractivity contribution in [3.63, 3.8) is 0 Å². The van der Waals surface area contributed by atoms with Crippen molar-refractivity contribution >= 4 is 21.8 Å². The second-order valence-electron chi connectivity index (χ2n) is 7.93. The zero-order chi connectivity index (χ0) is 21.8. The Balaban J connectivity index is 1.48. The van der Waals surface area contributed by atoms with Gasteiger partial charge in [0.05, 0.1) is 5.52 Å². The third kappa shape index (κ3) is 2.72. The van der Waals surface area contributed by atoms with Crippen LogP contribution in [-0.2, 0) is 0 Å². The van der Waals surface area contributed by atoms with E-state index in [4.69, 9.17) is 19.4 Å². The normalized spacial score (nSPS) is 12.1. The number of para-hydroxylation sites is 3. The van der Waals surface area contributed by atoms with E-state index < -0.39 is 0 Å². The molecule has 2 aromatic heterocycles. The van der Waals surface area contributed by atoms with Gasteiger partial charge < -0.3 is 9.47 Å². The lowest BCUT2D eigenvalue weighted by Crippen LogP contribution is -2.04. The second kappa shape index (κ2) is 6.93. The lowest BCUT2D eigenvalue weighted by Gasteiger charge is -2.21. The van der Waals surface area contributed by atoms with Gasteiger partial charge in [-0.2, -0.15) is 0 Å². The van der Waals surface area contributed by atoms with E-state index in [1.54, 1.807) is 0 Å². The number of rotatable bonds is 2. The highest BCUT2D eigenvalue weighted by Gasteiger charge is 2.26. The summed E-state index contributed by atoms with van der Waals surface area (Å²) in [5, 5.41) is 2.16. The molecule has 4 aromatic carbocycles. The van der Waals surface area contributed by atoms with Crippen molar-refractivity contribution in [1.29, 1.82) is 0 Å². The van der Waals surface area contributed by atoms with Crippen molar-refractivity contribution < 1.29 is 9.47 Å². The van der Waals surface area contributed by atoms with Gasteiger partial charge in [-0.3, -0.25) is 4.57 Å². The molecule has 1 aliphatic heterocycles. The minimum atomic E-state index is 0.580. The number of benzene rings is 4. The number of aromatic nitrogens is 3. The maximum Gasteiger partial charge on any atom is 0.234 e. The fraction of sp³-hybridized carbons (Fsp3) is 0. The SMILES string of the molecule is c1ccc(-c2cnc(-n3c4ccccc4c4ccc5c(c43)Oc3ccccc3O5)nc2)cc1. The highest BCUT2D eigenvalue weighted by atomic mass is 16.6. The van der Waals surface area contributed by atoms with Gasteiger partial charge in [0.25, 0.3) is 0 Å². The molecule has 5 nitrogen and oxygen atoms in total. The predicted molar refractivity (Wildman–Crippen MR) is 128 cm³/mol. The van der Waals surface area contributed by atoms with E-state index in [0.717, 1.165) is 32.9 Å². The van der Waals surface area contributed by atoms with E-state index >= 15 is 0 Å². The monoisotopic (exact) mass is 427 g/mol.